The van der Waals surface area contributed by atoms with Gasteiger partial charge in [0, 0.05) is 18.8 Å². The average Bonchev–Trinajstić information content (AvgIpc) is 3.39. The lowest BCUT2D eigenvalue weighted by Crippen LogP contribution is -2.46. The van der Waals surface area contributed by atoms with Gasteiger partial charge in [-0.15, -0.1) is 0 Å². The number of nitrogens with zero attached hydrogens (tertiary/aromatic N) is 1. The molecular formula is C43H84N2O9P+. The number of hydrogen-bond donors (Lipinski definition) is 6. The first-order valence-corrected chi connectivity index (χ1v) is 23.5. The summed E-state index contributed by atoms with van der Waals surface area (Å²) in [6.45, 7) is 4.56. The van der Waals surface area contributed by atoms with Gasteiger partial charge in [-0.05, 0) is 38.0 Å². The van der Waals surface area contributed by atoms with Crippen molar-refractivity contribution >= 4 is 13.7 Å². The summed E-state index contributed by atoms with van der Waals surface area (Å²) >= 11 is 0. The summed E-state index contributed by atoms with van der Waals surface area (Å²) in [6, 6.07) is -0.853. The van der Waals surface area contributed by atoms with Gasteiger partial charge in [0.25, 0.3) is 0 Å². The first kappa shape index (κ1) is 51.9. The summed E-state index contributed by atoms with van der Waals surface area (Å²) in [5, 5.41) is 45.3. The van der Waals surface area contributed by atoms with Crippen molar-refractivity contribution in [1.82, 2.24) is 5.32 Å². The molecule has 1 rings (SSSR count). The highest BCUT2D eigenvalue weighted by molar-refractivity contribution is 7.47. The summed E-state index contributed by atoms with van der Waals surface area (Å²) in [5.41, 5.74) is 0. The Kier molecular flexibility index (Phi) is 29.1. The number of amides is 1. The number of aliphatic hydroxyl groups excluding tert-OH is 4. The monoisotopic (exact) mass is 804 g/mol. The molecule has 1 aliphatic carbocycles. The van der Waals surface area contributed by atoms with Crippen molar-refractivity contribution in [3.05, 3.63) is 24.3 Å². The Bertz CT molecular complexity index is 1070. The van der Waals surface area contributed by atoms with Gasteiger partial charge in [0.05, 0.1) is 58.2 Å². The third-order valence-corrected chi connectivity index (χ3v) is 11.8. The number of phosphoric acid groups is 1. The molecule has 1 unspecified atom stereocenters. The molecule has 0 bridgehead atoms. The molecule has 6 N–H and O–H groups in total. The number of likely N-dealkylation sites (N-methyl/N-ethyl adjacent to an activating group) is 1. The molecule has 0 aromatic rings. The Balaban J connectivity index is 2.56. The van der Waals surface area contributed by atoms with Crippen LogP contribution in [0.3, 0.4) is 0 Å². The minimum Gasteiger partial charge on any atom is -0.393 e. The van der Waals surface area contributed by atoms with Crippen LogP contribution in [0.15, 0.2) is 24.3 Å². The predicted octanol–water partition coefficient (Wildman–Crippen LogP) is 8.13. The van der Waals surface area contributed by atoms with Gasteiger partial charge in [0.1, 0.15) is 13.2 Å². The van der Waals surface area contributed by atoms with E-state index in [1.807, 2.05) is 39.4 Å². The van der Waals surface area contributed by atoms with Crippen LogP contribution in [0, 0.1) is 11.8 Å². The lowest BCUT2D eigenvalue weighted by Gasteiger charge is -2.26. The quantitative estimate of drug-likeness (QED) is 0.0161. The molecule has 0 spiro atoms. The number of phosphoric ester groups is 1. The fraction of sp³-hybridized carbons (Fsp3) is 0.884. The van der Waals surface area contributed by atoms with Crippen LogP contribution in [-0.2, 0) is 18.4 Å². The summed E-state index contributed by atoms with van der Waals surface area (Å²) in [5.74, 6) is -0.652. The van der Waals surface area contributed by atoms with Gasteiger partial charge < -0.3 is 35.1 Å². The minimum atomic E-state index is -4.38. The number of nitrogens with one attached hydrogen (secondary N) is 1. The topological polar surface area (TPSA) is 166 Å². The first-order valence-electron chi connectivity index (χ1n) is 22.0. The maximum absolute atomic E-state index is 13.0. The van der Waals surface area contributed by atoms with Gasteiger partial charge in [-0.25, -0.2) is 4.57 Å². The molecule has 12 heteroatoms. The lowest BCUT2D eigenvalue weighted by atomic mass is 9.89. The Morgan fingerprint density at radius 1 is 0.800 bits per heavy atom. The molecule has 0 radical (unpaired) electrons. The van der Waals surface area contributed by atoms with Crippen LogP contribution in [0.1, 0.15) is 162 Å². The standard InChI is InChI=1S/C43H83N2O9P/c1-6-8-10-11-12-13-14-15-16-17-18-19-24-28-40(47)39(35-54-55(51,52)53-33-32-45(3,4)5)44-43(50)29-25-21-20-23-27-37-38(42(49)34-41(37)48)31-30-36(46)26-22-9-7-2/h20,23,30-31,36-42,46-49H,6-19,21-22,24-29,32-35H2,1-5H3,(H-,44,50,51,52)/p+1/b23-20+,31-30+/t36-,37+,38+,39-,40+,41-,42+/m0/s1. The second kappa shape index (κ2) is 30.9. The molecule has 0 aromatic carbocycles. The van der Waals surface area contributed by atoms with Crippen molar-refractivity contribution in [2.45, 2.75) is 192 Å². The molecule has 1 fully saturated rings. The van der Waals surface area contributed by atoms with E-state index in [4.69, 9.17) is 9.05 Å². The van der Waals surface area contributed by atoms with E-state index in [9.17, 15) is 34.7 Å². The number of aliphatic hydroxyl groups is 4. The van der Waals surface area contributed by atoms with Crippen LogP contribution in [0.2, 0.25) is 0 Å². The lowest BCUT2D eigenvalue weighted by molar-refractivity contribution is -0.870. The van der Waals surface area contributed by atoms with E-state index in [1.54, 1.807) is 6.08 Å². The van der Waals surface area contributed by atoms with E-state index in [0.29, 0.717) is 49.6 Å². The van der Waals surface area contributed by atoms with Crippen molar-refractivity contribution in [2.75, 3.05) is 40.9 Å². The van der Waals surface area contributed by atoms with Gasteiger partial charge in [-0.2, -0.15) is 0 Å². The van der Waals surface area contributed by atoms with Crippen LogP contribution in [0.25, 0.3) is 0 Å². The Labute approximate surface area is 335 Å². The minimum absolute atomic E-state index is 0.0310. The number of unbranched alkanes of at least 4 members (excludes halogenated alkanes) is 15. The van der Waals surface area contributed by atoms with Crippen molar-refractivity contribution < 1.29 is 48.2 Å². The number of allylic oxidation sites excluding steroid dienone is 2. The molecule has 11 nitrogen and oxygen atoms in total. The molecule has 1 amide bonds. The van der Waals surface area contributed by atoms with E-state index in [2.05, 4.69) is 19.2 Å². The van der Waals surface area contributed by atoms with Gasteiger partial charge in [-0.1, -0.05) is 141 Å². The molecule has 1 aliphatic rings. The van der Waals surface area contributed by atoms with E-state index in [1.165, 1.54) is 64.2 Å². The Morgan fingerprint density at radius 3 is 1.96 bits per heavy atom. The first-order chi connectivity index (χ1) is 26.2. The van der Waals surface area contributed by atoms with Crippen molar-refractivity contribution in [3.8, 4) is 0 Å². The second-order valence-corrected chi connectivity index (χ2v) is 18.5. The molecule has 1 saturated carbocycles. The average molecular weight is 804 g/mol. The fourth-order valence-corrected chi connectivity index (χ4v) is 7.89. The zero-order valence-electron chi connectivity index (χ0n) is 35.5. The fourth-order valence-electron chi connectivity index (χ4n) is 7.16. The Hall–Kier alpha value is -1.14. The Morgan fingerprint density at radius 2 is 1.36 bits per heavy atom. The summed E-state index contributed by atoms with van der Waals surface area (Å²) in [6.07, 6.45) is 27.2. The van der Waals surface area contributed by atoms with Gasteiger partial charge in [-0.3, -0.25) is 13.8 Å². The van der Waals surface area contributed by atoms with Crippen LogP contribution in [0.5, 0.6) is 0 Å². The zero-order valence-corrected chi connectivity index (χ0v) is 36.4. The second-order valence-electron chi connectivity index (χ2n) is 17.0. The van der Waals surface area contributed by atoms with Crippen LogP contribution >= 0.6 is 7.82 Å². The smallest absolute Gasteiger partial charge is 0.393 e. The summed E-state index contributed by atoms with van der Waals surface area (Å²) < 4.78 is 23.6. The van der Waals surface area contributed by atoms with Crippen molar-refractivity contribution in [1.29, 1.82) is 0 Å². The van der Waals surface area contributed by atoms with E-state index < -0.39 is 38.3 Å². The zero-order chi connectivity index (χ0) is 41.0. The molecule has 0 aliphatic heterocycles. The third-order valence-electron chi connectivity index (χ3n) is 10.8. The van der Waals surface area contributed by atoms with E-state index >= 15 is 0 Å². The van der Waals surface area contributed by atoms with Gasteiger partial charge in [0.15, 0.2) is 0 Å². The van der Waals surface area contributed by atoms with Crippen LogP contribution < -0.4 is 5.32 Å². The number of carbonyl (C=O) groups is 1. The van der Waals surface area contributed by atoms with Gasteiger partial charge >= 0.3 is 7.82 Å². The molecule has 8 atom stereocenters. The molecule has 0 saturated heterocycles. The summed E-state index contributed by atoms with van der Waals surface area (Å²) in [4.78, 5) is 23.2. The van der Waals surface area contributed by atoms with E-state index in [0.717, 1.165) is 38.5 Å². The summed E-state index contributed by atoms with van der Waals surface area (Å²) in [7, 11) is 1.47. The van der Waals surface area contributed by atoms with E-state index in [-0.39, 0.29) is 37.4 Å². The third kappa shape index (κ3) is 27.2. The molecule has 0 aromatic heterocycles. The molecule has 55 heavy (non-hydrogen) atoms. The maximum Gasteiger partial charge on any atom is 0.472 e. The van der Waals surface area contributed by atoms with Crippen LogP contribution in [0.4, 0.5) is 0 Å². The number of hydrogen-bond acceptors (Lipinski definition) is 8. The normalized spacial score (nSPS) is 22.0. The molecule has 324 valence electrons. The SMILES string of the molecule is CCCCCCCCCCCCCCC[C@@H](O)[C@H](COP(=O)(O)OCC[N+](C)(C)C)NC(=O)CCC/C=C/C[C@@H]1[C@@H](/C=C/[C@@H](O)CCCCC)[C@H](O)C[C@@H]1O. The van der Waals surface area contributed by atoms with Crippen molar-refractivity contribution in [3.63, 3.8) is 0 Å². The largest absolute Gasteiger partial charge is 0.472 e. The highest BCUT2D eigenvalue weighted by Gasteiger charge is 2.39. The number of carbonyl (C=O) groups excluding carboxylic acids is 1. The highest BCUT2D eigenvalue weighted by Crippen LogP contribution is 2.43. The van der Waals surface area contributed by atoms with Crippen LogP contribution in [-0.4, -0.2) is 107 Å². The predicted molar refractivity (Wildman–Crippen MR) is 223 cm³/mol. The number of rotatable bonds is 35. The number of quaternary nitrogens is 1. The maximum atomic E-state index is 13.0. The van der Waals surface area contributed by atoms with Gasteiger partial charge in [0.2, 0.25) is 5.91 Å². The molecule has 0 heterocycles. The molecular weight excluding hydrogens is 719 g/mol. The highest BCUT2D eigenvalue weighted by atomic mass is 31.2. The van der Waals surface area contributed by atoms with Crippen molar-refractivity contribution in [2.24, 2.45) is 11.8 Å².